The van der Waals surface area contributed by atoms with E-state index in [2.05, 4.69) is 25.7 Å². The summed E-state index contributed by atoms with van der Waals surface area (Å²) in [7, 11) is -2.09. The lowest BCUT2D eigenvalue weighted by atomic mass is 10.0. The molecule has 3 aromatic rings. The highest BCUT2D eigenvalue weighted by Gasteiger charge is 2.22. The van der Waals surface area contributed by atoms with Crippen LogP contribution in [0.15, 0.2) is 36.7 Å². The van der Waals surface area contributed by atoms with E-state index in [1.807, 2.05) is 25.1 Å². The lowest BCUT2D eigenvalue weighted by Crippen LogP contribution is -2.41. The summed E-state index contributed by atoms with van der Waals surface area (Å²) in [5.74, 6) is 0.177. The zero-order valence-corrected chi connectivity index (χ0v) is 18.8. The van der Waals surface area contributed by atoms with Gasteiger partial charge in [0.05, 0.1) is 42.8 Å². The Kier molecular flexibility index (Phi) is 5.86. The van der Waals surface area contributed by atoms with Gasteiger partial charge in [0.25, 0.3) is 0 Å². The Morgan fingerprint density at radius 1 is 1.25 bits per heavy atom. The van der Waals surface area contributed by atoms with Gasteiger partial charge in [-0.05, 0) is 30.7 Å². The maximum absolute atomic E-state index is 11.8. The van der Waals surface area contributed by atoms with Crippen LogP contribution < -0.4 is 14.4 Å². The van der Waals surface area contributed by atoms with Gasteiger partial charge in [0.2, 0.25) is 15.9 Å². The number of nitriles is 1. The second-order valence-electron chi connectivity index (χ2n) is 7.65. The number of anilines is 2. The van der Waals surface area contributed by atoms with Gasteiger partial charge in [-0.25, -0.2) is 13.4 Å². The van der Waals surface area contributed by atoms with Gasteiger partial charge in [0.1, 0.15) is 11.8 Å². The Bertz CT molecular complexity index is 1320. The number of nitrogens with one attached hydrogen (secondary N) is 1. The highest BCUT2D eigenvalue weighted by molar-refractivity contribution is 7.92. The largest absolute Gasteiger partial charge is 0.480 e. The number of hydrogen-bond donors (Lipinski definition) is 1. The van der Waals surface area contributed by atoms with Crippen LogP contribution in [-0.2, 0) is 14.8 Å². The maximum atomic E-state index is 11.8. The number of pyridine rings is 2. The molecule has 3 heterocycles. The zero-order chi connectivity index (χ0) is 22.9. The van der Waals surface area contributed by atoms with Crippen LogP contribution in [0.3, 0.4) is 0 Å². The topological polar surface area (TPSA) is 117 Å². The molecule has 1 N–H and O–H groups in total. The van der Waals surface area contributed by atoms with Gasteiger partial charge in [-0.3, -0.25) is 9.71 Å². The first-order chi connectivity index (χ1) is 15.3. The molecule has 0 unspecified atom stereocenters. The SMILES string of the molecule is COc1ncc(-c2ccc3ncc(C#N)c(N4CCO[C@H](C)C4)c3c2)cc1NS(C)(=O)=O. The Morgan fingerprint density at radius 3 is 2.75 bits per heavy atom. The Morgan fingerprint density at radius 2 is 2.06 bits per heavy atom. The van der Waals surface area contributed by atoms with Crippen LogP contribution in [0, 0.1) is 11.3 Å². The second kappa shape index (κ2) is 8.61. The summed E-state index contributed by atoms with van der Waals surface area (Å²) in [6.07, 6.45) is 4.34. The predicted molar refractivity (Wildman–Crippen MR) is 122 cm³/mol. The van der Waals surface area contributed by atoms with Gasteiger partial charge in [0, 0.05) is 36.4 Å². The number of benzene rings is 1. The molecule has 0 spiro atoms. The molecular formula is C22H23N5O4S. The van der Waals surface area contributed by atoms with Crippen LogP contribution in [0.5, 0.6) is 5.88 Å². The van der Waals surface area contributed by atoms with Crippen LogP contribution in [-0.4, -0.2) is 57.6 Å². The molecule has 0 saturated carbocycles. The van der Waals surface area contributed by atoms with Crippen molar-refractivity contribution in [1.82, 2.24) is 9.97 Å². The molecule has 1 saturated heterocycles. The molecule has 10 heteroatoms. The number of ether oxygens (including phenoxy) is 2. The molecule has 4 rings (SSSR count). The molecule has 1 fully saturated rings. The Hall–Kier alpha value is -3.42. The summed E-state index contributed by atoms with van der Waals surface area (Å²) < 4.78 is 36.8. The molecular weight excluding hydrogens is 430 g/mol. The number of aromatic nitrogens is 2. The summed E-state index contributed by atoms with van der Waals surface area (Å²) in [6.45, 7) is 3.93. The van der Waals surface area contributed by atoms with Crippen molar-refractivity contribution in [2.45, 2.75) is 13.0 Å². The van der Waals surface area contributed by atoms with Crippen molar-refractivity contribution in [2.24, 2.45) is 0 Å². The van der Waals surface area contributed by atoms with E-state index in [-0.39, 0.29) is 17.7 Å². The molecule has 9 nitrogen and oxygen atoms in total. The molecule has 166 valence electrons. The summed E-state index contributed by atoms with van der Waals surface area (Å²) in [4.78, 5) is 10.9. The highest BCUT2D eigenvalue weighted by atomic mass is 32.2. The number of nitrogens with zero attached hydrogens (tertiary/aromatic N) is 4. The molecule has 2 aromatic heterocycles. The fourth-order valence-electron chi connectivity index (χ4n) is 3.85. The average Bonchev–Trinajstić information content (AvgIpc) is 2.76. The first-order valence-electron chi connectivity index (χ1n) is 10.0. The van der Waals surface area contributed by atoms with Crippen molar-refractivity contribution in [1.29, 1.82) is 5.26 Å². The predicted octanol–water partition coefficient (Wildman–Crippen LogP) is 2.77. The number of hydrogen-bond acceptors (Lipinski definition) is 8. The molecule has 1 aromatic carbocycles. The first kappa shape index (κ1) is 21.8. The van der Waals surface area contributed by atoms with Crippen molar-refractivity contribution >= 4 is 32.3 Å². The minimum absolute atomic E-state index is 0.0529. The summed E-state index contributed by atoms with van der Waals surface area (Å²) in [6, 6.07) is 9.65. The van der Waals surface area contributed by atoms with E-state index in [1.165, 1.54) is 7.11 Å². The van der Waals surface area contributed by atoms with Crippen LogP contribution in [0.1, 0.15) is 12.5 Å². The third kappa shape index (κ3) is 4.44. The molecule has 1 atom stereocenters. The van der Waals surface area contributed by atoms with E-state index in [0.29, 0.717) is 30.8 Å². The second-order valence-corrected chi connectivity index (χ2v) is 9.40. The monoisotopic (exact) mass is 453 g/mol. The van der Waals surface area contributed by atoms with Gasteiger partial charge < -0.3 is 14.4 Å². The Labute approximate surface area is 186 Å². The third-order valence-corrected chi connectivity index (χ3v) is 5.78. The molecule has 0 aliphatic carbocycles. The average molecular weight is 454 g/mol. The summed E-state index contributed by atoms with van der Waals surface area (Å²) >= 11 is 0. The van der Waals surface area contributed by atoms with Crippen LogP contribution >= 0.6 is 0 Å². The zero-order valence-electron chi connectivity index (χ0n) is 18.0. The van der Waals surface area contributed by atoms with Gasteiger partial charge in [-0.1, -0.05) is 6.07 Å². The third-order valence-electron chi connectivity index (χ3n) is 5.19. The standard InChI is InChI=1S/C22H23N5O4S/c1-14-13-27(6-7-31-14)21-17(10-23)12-24-19-5-4-15(8-18(19)21)16-9-20(26-32(3,28)29)22(30-2)25-11-16/h4-5,8-9,11-12,14,26H,6-7,13H2,1-3H3/t14-/m1/s1. The molecule has 0 bridgehead atoms. The van der Waals surface area contributed by atoms with Crippen molar-refractivity contribution < 1.29 is 17.9 Å². The number of rotatable bonds is 5. The smallest absolute Gasteiger partial charge is 0.238 e. The highest BCUT2D eigenvalue weighted by Crippen LogP contribution is 2.35. The number of fused-ring (bicyclic) bond motifs is 1. The van der Waals surface area contributed by atoms with Crippen LogP contribution in [0.4, 0.5) is 11.4 Å². The number of methoxy groups -OCH3 is 1. The van der Waals surface area contributed by atoms with Crippen molar-refractivity contribution in [2.75, 3.05) is 42.7 Å². The molecule has 0 amide bonds. The summed E-state index contributed by atoms with van der Waals surface area (Å²) in [5, 5.41) is 10.6. The quantitative estimate of drug-likeness (QED) is 0.627. The maximum Gasteiger partial charge on any atom is 0.238 e. The first-order valence-corrected chi connectivity index (χ1v) is 11.9. The lowest BCUT2D eigenvalue weighted by molar-refractivity contribution is 0.0533. The lowest BCUT2D eigenvalue weighted by Gasteiger charge is -2.34. The van der Waals surface area contributed by atoms with E-state index in [0.717, 1.165) is 28.4 Å². The normalized spacial score (nSPS) is 16.6. The minimum Gasteiger partial charge on any atom is -0.480 e. The van der Waals surface area contributed by atoms with Gasteiger partial charge in [-0.15, -0.1) is 0 Å². The van der Waals surface area contributed by atoms with Crippen molar-refractivity contribution in [3.05, 3.63) is 42.2 Å². The van der Waals surface area contributed by atoms with Gasteiger partial charge >= 0.3 is 0 Å². The van der Waals surface area contributed by atoms with Gasteiger partial charge in [-0.2, -0.15) is 5.26 Å². The fourth-order valence-corrected chi connectivity index (χ4v) is 4.39. The van der Waals surface area contributed by atoms with Crippen molar-refractivity contribution in [3.8, 4) is 23.1 Å². The summed E-state index contributed by atoms with van der Waals surface area (Å²) in [5.41, 5.74) is 3.84. The van der Waals surface area contributed by atoms with E-state index < -0.39 is 10.0 Å². The van der Waals surface area contributed by atoms with Crippen LogP contribution in [0.25, 0.3) is 22.0 Å². The molecule has 32 heavy (non-hydrogen) atoms. The van der Waals surface area contributed by atoms with E-state index in [4.69, 9.17) is 9.47 Å². The molecule has 1 aliphatic heterocycles. The molecule has 1 aliphatic rings. The molecule has 0 radical (unpaired) electrons. The van der Waals surface area contributed by atoms with E-state index in [9.17, 15) is 13.7 Å². The fraction of sp³-hybridized carbons (Fsp3) is 0.318. The number of sulfonamides is 1. The Balaban J connectivity index is 1.86. The number of morpholine rings is 1. The van der Waals surface area contributed by atoms with E-state index >= 15 is 0 Å². The van der Waals surface area contributed by atoms with Crippen molar-refractivity contribution in [3.63, 3.8) is 0 Å². The van der Waals surface area contributed by atoms with Crippen LogP contribution in [0.2, 0.25) is 0 Å². The van der Waals surface area contributed by atoms with E-state index in [1.54, 1.807) is 18.5 Å². The van der Waals surface area contributed by atoms with Gasteiger partial charge in [0.15, 0.2) is 0 Å². The minimum atomic E-state index is -3.51.